The summed E-state index contributed by atoms with van der Waals surface area (Å²) in [6, 6.07) is 19.0. The number of fused-ring (bicyclic) bond motifs is 2. The van der Waals surface area contributed by atoms with Crippen molar-refractivity contribution in [3.63, 3.8) is 0 Å². The van der Waals surface area contributed by atoms with Crippen molar-refractivity contribution in [2.24, 2.45) is 0 Å². The molecule has 2 aromatic carbocycles. The molecule has 2 aliphatic heterocycles. The zero-order valence-corrected chi connectivity index (χ0v) is 14.0. The molecule has 2 atom stereocenters. The summed E-state index contributed by atoms with van der Waals surface area (Å²) in [4.78, 5) is 2.65. The standard InChI is InChI=1S/C21H26N2/c1-2-23-14-12-17-8-4-6-10-19(17)21(23)15-20-18-9-5-3-7-16(18)11-13-22-20/h3-10,20-22H,2,11-15H2,1H3/t20-,21-/m1/s1. The molecule has 0 fully saturated rings. The maximum absolute atomic E-state index is 3.77. The number of benzene rings is 2. The van der Waals surface area contributed by atoms with Gasteiger partial charge in [-0.2, -0.15) is 0 Å². The van der Waals surface area contributed by atoms with Gasteiger partial charge in [0.1, 0.15) is 0 Å². The molecular formula is C21H26N2. The Balaban J connectivity index is 1.65. The van der Waals surface area contributed by atoms with E-state index in [1.54, 1.807) is 11.1 Å². The first-order chi connectivity index (χ1) is 11.4. The van der Waals surface area contributed by atoms with Crippen molar-refractivity contribution in [3.05, 3.63) is 70.8 Å². The Morgan fingerprint density at radius 2 is 1.65 bits per heavy atom. The summed E-state index contributed by atoms with van der Waals surface area (Å²) in [6.07, 6.45) is 3.52. The first-order valence-electron chi connectivity index (χ1n) is 9.00. The number of nitrogens with zero attached hydrogens (tertiary/aromatic N) is 1. The summed E-state index contributed by atoms with van der Waals surface area (Å²) in [6.45, 7) is 5.71. The van der Waals surface area contributed by atoms with E-state index in [9.17, 15) is 0 Å². The molecule has 2 aliphatic rings. The van der Waals surface area contributed by atoms with Gasteiger partial charge in [-0.05, 0) is 54.6 Å². The summed E-state index contributed by atoms with van der Waals surface area (Å²) >= 11 is 0. The summed E-state index contributed by atoms with van der Waals surface area (Å²) in [7, 11) is 0. The second kappa shape index (κ2) is 6.46. The first-order valence-corrected chi connectivity index (χ1v) is 9.00. The second-order valence-electron chi connectivity index (χ2n) is 6.78. The maximum Gasteiger partial charge on any atom is 0.0368 e. The van der Waals surface area contributed by atoms with E-state index in [2.05, 4.69) is 65.7 Å². The molecule has 0 unspecified atom stereocenters. The van der Waals surface area contributed by atoms with Crippen LogP contribution in [-0.4, -0.2) is 24.5 Å². The zero-order valence-electron chi connectivity index (χ0n) is 14.0. The van der Waals surface area contributed by atoms with Gasteiger partial charge in [0.15, 0.2) is 0 Å². The second-order valence-corrected chi connectivity index (χ2v) is 6.78. The van der Waals surface area contributed by atoms with Crippen molar-refractivity contribution >= 4 is 0 Å². The lowest BCUT2D eigenvalue weighted by atomic mass is 9.84. The lowest BCUT2D eigenvalue weighted by Crippen LogP contribution is -2.39. The van der Waals surface area contributed by atoms with Crippen LogP contribution >= 0.6 is 0 Å². The monoisotopic (exact) mass is 306 g/mol. The van der Waals surface area contributed by atoms with E-state index in [1.165, 1.54) is 30.5 Å². The molecule has 0 spiro atoms. The van der Waals surface area contributed by atoms with Crippen LogP contribution in [0.2, 0.25) is 0 Å². The number of likely N-dealkylation sites (N-methyl/N-ethyl adjacent to an activating group) is 1. The highest BCUT2D eigenvalue weighted by Gasteiger charge is 2.30. The van der Waals surface area contributed by atoms with Crippen molar-refractivity contribution in [1.82, 2.24) is 10.2 Å². The quantitative estimate of drug-likeness (QED) is 0.925. The van der Waals surface area contributed by atoms with Crippen LogP contribution in [0.15, 0.2) is 48.5 Å². The minimum absolute atomic E-state index is 0.477. The number of hydrogen-bond acceptors (Lipinski definition) is 2. The van der Waals surface area contributed by atoms with Crippen molar-refractivity contribution in [2.75, 3.05) is 19.6 Å². The molecular weight excluding hydrogens is 280 g/mol. The smallest absolute Gasteiger partial charge is 0.0368 e. The molecule has 0 aliphatic carbocycles. The van der Waals surface area contributed by atoms with E-state index in [-0.39, 0.29) is 0 Å². The SMILES string of the molecule is CCN1CCc2ccccc2[C@H]1C[C@H]1NCCc2ccccc21. The number of nitrogens with one attached hydrogen (secondary N) is 1. The Bertz CT molecular complexity index is 679. The Morgan fingerprint density at radius 3 is 2.43 bits per heavy atom. The molecule has 0 aromatic heterocycles. The summed E-state index contributed by atoms with van der Waals surface area (Å²) in [5, 5.41) is 3.77. The van der Waals surface area contributed by atoms with Gasteiger partial charge in [-0.25, -0.2) is 0 Å². The van der Waals surface area contributed by atoms with Gasteiger partial charge in [0.2, 0.25) is 0 Å². The fraction of sp³-hybridized carbons (Fsp3) is 0.429. The fourth-order valence-electron chi connectivity index (χ4n) is 4.38. The molecule has 2 heterocycles. The van der Waals surface area contributed by atoms with Crippen LogP contribution in [0.5, 0.6) is 0 Å². The van der Waals surface area contributed by atoms with E-state index in [0.717, 1.165) is 19.5 Å². The van der Waals surface area contributed by atoms with Crippen LogP contribution in [0.4, 0.5) is 0 Å². The predicted molar refractivity (Wildman–Crippen MR) is 95.6 cm³/mol. The molecule has 0 radical (unpaired) electrons. The van der Waals surface area contributed by atoms with Gasteiger partial charge in [0.05, 0.1) is 0 Å². The molecule has 2 heteroatoms. The lowest BCUT2D eigenvalue weighted by Gasteiger charge is -2.40. The van der Waals surface area contributed by atoms with E-state index < -0.39 is 0 Å². The molecule has 0 saturated heterocycles. The van der Waals surface area contributed by atoms with E-state index in [4.69, 9.17) is 0 Å². The predicted octanol–water partition coefficient (Wildman–Crippen LogP) is 3.88. The summed E-state index contributed by atoms with van der Waals surface area (Å²) in [5.41, 5.74) is 6.14. The Morgan fingerprint density at radius 1 is 0.957 bits per heavy atom. The van der Waals surface area contributed by atoms with Gasteiger partial charge in [0.25, 0.3) is 0 Å². The van der Waals surface area contributed by atoms with E-state index in [0.29, 0.717) is 12.1 Å². The van der Waals surface area contributed by atoms with E-state index in [1.807, 2.05) is 0 Å². The maximum atomic E-state index is 3.77. The molecule has 0 bridgehead atoms. The van der Waals surface area contributed by atoms with Gasteiger partial charge < -0.3 is 5.32 Å². The van der Waals surface area contributed by atoms with Gasteiger partial charge >= 0.3 is 0 Å². The van der Waals surface area contributed by atoms with Crippen LogP contribution < -0.4 is 5.32 Å². The first kappa shape index (κ1) is 14.9. The Labute approximate surface area is 139 Å². The topological polar surface area (TPSA) is 15.3 Å². The van der Waals surface area contributed by atoms with Crippen molar-refractivity contribution in [2.45, 2.75) is 38.3 Å². The largest absolute Gasteiger partial charge is 0.310 e. The molecule has 23 heavy (non-hydrogen) atoms. The normalized spacial score (nSPS) is 24.0. The van der Waals surface area contributed by atoms with Gasteiger partial charge in [-0.3, -0.25) is 4.90 Å². The third-order valence-corrected chi connectivity index (χ3v) is 5.60. The molecule has 0 saturated carbocycles. The third-order valence-electron chi connectivity index (χ3n) is 5.60. The van der Waals surface area contributed by atoms with Gasteiger partial charge in [-0.1, -0.05) is 55.5 Å². The third kappa shape index (κ3) is 2.82. The molecule has 4 rings (SSSR count). The Kier molecular flexibility index (Phi) is 4.19. The summed E-state index contributed by atoms with van der Waals surface area (Å²) < 4.78 is 0. The molecule has 1 N–H and O–H groups in total. The molecule has 2 aromatic rings. The highest BCUT2D eigenvalue weighted by molar-refractivity contribution is 5.36. The van der Waals surface area contributed by atoms with Crippen molar-refractivity contribution < 1.29 is 0 Å². The minimum atomic E-state index is 0.477. The minimum Gasteiger partial charge on any atom is -0.310 e. The van der Waals surface area contributed by atoms with Crippen LogP contribution in [0.25, 0.3) is 0 Å². The highest BCUT2D eigenvalue weighted by atomic mass is 15.2. The van der Waals surface area contributed by atoms with Crippen molar-refractivity contribution in [1.29, 1.82) is 0 Å². The van der Waals surface area contributed by atoms with E-state index >= 15 is 0 Å². The molecule has 120 valence electrons. The Hall–Kier alpha value is -1.64. The lowest BCUT2D eigenvalue weighted by molar-refractivity contribution is 0.170. The average molecular weight is 306 g/mol. The zero-order chi connectivity index (χ0) is 15.6. The summed E-state index contributed by atoms with van der Waals surface area (Å²) in [5.74, 6) is 0. The van der Waals surface area contributed by atoms with Crippen LogP contribution in [-0.2, 0) is 12.8 Å². The fourth-order valence-corrected chi connectivity index (χ4v) is 4.38. The average Bonchev–Trinajstić information content (AvgIpc) is 2.62. The number of rotatable bonds is 3. The number of hydrogen-bond donors (Lipinski definition) is 1. The van der Waals surface area contributed by atoms with Crippen LogP contribution in [0, 0.1) is 0 Å². The van der Waals surface area contributed by atoms with Gasteiger partial charge in [-0.15, -0.1) is 0 Å². The molecule has 2 nitrogen and oxygen atoms in total. The van der Waals surface area contributed by atoms with Crippen molar-refractivity contribution in [3.8, 4) is 0 Å². The molecule has 0 amide bonds. The highest BCUT2D eigenvalue weighted by Crippen LogP contribution is 2.37. The van der Waals surface area contributed by atoms with Gasteiger partial charge in [0, 0.05) is 18.6 Å². The van der Waals surface area contributed by atoms with Crippen LogP contribution in [0.3, 0.4) is 0 Å². The van der Waals surface area contributed by atoms with Crippen LogP contribution in [0.1, 0.15) is 47.7 Å².